The summed E-state index contributed by atoms with van der Waals surface area (Å²) in [6.45, 7) is 3.38. The zero-order valence-corrected chi connectivity index (χ0v) is 41.6. The molecule has 1 N–H and O–H groups in total. The van der Waals surface area contributed by atoms with Crippen LogP contribution in [0.5, 0.6) is 0 Å². The fourth-order valence-electron chi connectivity index (χ4n) is 4.30. The number of nitrogens with one attached hydrogen (secondary N) is 1. The fourth-order valence-corrected chi connectivity index (χ4v) is 4.30. The van der Waals surface area contributed by atoms with Gasteiger partial charge >= 0.3 is 175 Å². The number of rotatable bonds is 19. The molecule has 44 heavy (non-hydrogen) atoms. The SMILES string of the molecule is CC(C=O)CCCCNC(=O)[N-]CCCOCC[N-]C(=O)CC(=O)[N-]c1ccc(CC(=O)C2CCCCC2=O)cc1.[Rb+].[Rb+].[Rb+]. The van der Waals surface area contributed by atoms with Gasteiger partial charge in [-0.2, -0.15) is 0 Å². The summed E-state index contributed by atoms with van der Waals surface area (Å²) in [5.74, 6) is -1.72. The van der Waals surface area contributed by atoms with Crippen LogP contribution in [0.1, 0.15) is 70.3 Å². The van der Waals surface area contributed by atoms with Gasteiger partial charge < -0.3 is 40.4 Å². The number of urea groups is 1. The average Bonchev–Trinajstić information content (AvgIpc) is 2.95. The van der Waals surface area contributed by atoms with Crippen molar-refractivity contribution in [3.63, 3.8) is 0 Å². The van der Waals surface area contributed by atoms with E-state index in [4.69, 9.17) is 4.74 Å². The maximum Gasteiger partial charge on any atom is 1.00 e. The van der Waals surface area contributed by atoms with E-state index >= 15 is 0 Å². The van der Waals surface area contributed by atoms with Gasteiger partial charge in [-0.25, -0.2) is 0 Å². The average molecular weight is 826 g/mol. The number of hydrogen-bond donors (Lipinski definition) is 1. The molecule has 2 rings (SSSR count). The van der Waals surface area contributed by atoms with Crippen LogP contribution in [-0.4, -0.2) is 68.5 Å². The molecule has 1 aliphatic rings. The van der Waals surface area contributed by atoms with Crippen LogP contribution < -0.4 is 180 Å². The number of hydrogen-bond acceptors (Lipinski definition) is 7. The molecule has 0 radical (unpaired) electrons. The quantitative estimate of drug-likeness (QED) is 0.0842. The number of ketones is 2. The molecule has 226 valence electrons. The third-order valence-electron chi connectivity index (χ3n) is 6.63. The van der Waals surface area contributed by atoms with Gasteiger partial charge in [-0.15, -0.1) is 12.2 Å². The van der Waals surface area contributed by atoms with Crippen molar-refractivity contribution >= 4 is 41.4 Å². The Bertz CT molecular complexity index is 1030. The summed E-state index contributed by atoms with van der Waals surface area (Å²) in [7, 11) is 0. The third-order valence-corrected chi connectivity index (χ3v) is 6.63. The second-order valence-corrected chi connectivity index (χ2v) is 10.2. The van der Waals surface area contributed by atoms with E-state index in [1.807, 2.05) is 6.92 Å². The van der Waals surface area contributed by atoms with Gasteiger partial charge in [-0.1, -0.05) is 57.0 Å². The largest absolute Gasteiger partial charge is 1.00 e. The molecule has 0 spiro atoms. The van der Waals surface area contributed by atoms with Gasteiger partial charge in [0.1, 0.15) is 17.9 Å². The molecule has 4 amide bonds. The minimum absolute atomic E-state index is 0. The predicted molar refractivity (Wildman–Crippen MR) is 154 cm³/mol. The monoisotopic (exact) mass is 824 g/mol. The number of benzene rings is 1. The number of carbonyl (C=O) groups is 6. The topological polar surface area (TPSA) is 166 Å². The maximum absolute atomic E-state index is 12.4. The molecule has 0 aliphatic heterocycles. The molecule has 2 unspecified atom stereocenters. The number of nitrogens with zero attached hydrogens (tertiary/aromatic N) is 3. The Hall–Kier alpha value is 1.82. The summed E-state index contributed by atoms with van der Waals surface area (Å²) >= 11 is 0. The number of amides is 4. The Morgan fingerprint density at radius 1 is 0.955 bits per heavy atom. The third kappa shape index (κ3) is 22.4. The molecular weight excluding hydrogens is 785 g/mol. The summed E-state index contributed by atoms with van der Waals surface area (Å²) in [4.78, 5) is 70.7. The minimum atomic E-state index is -0.619. The Morgan fingerprint density at radius 3 is 2.36 bits per heavy atom. The normalized spacial score (nSPS) is 14.4. The van der Waals surface area contributed by atoms with Gasteiger partial charge in [0, 0.05) is 38.4 Å². The van der Waals surface area contributed by atoms with E-state index < -0.39 is 24.2 Å². The second kappa shape index (κ2) is 29.7. The van der Waals surface area contributed by atoms with Gasteiger partial charge in [-0.3, -0.25) is 14.4 Å². The van der Waals surface area contributed by atoms with Gasteiger partial charge in [0.2, 0.25) is 0 Å². The Kier molecular flexibility index (Phi) is 32.4. The first-order valence-corrected chi connectivity index (χ1v) is 14.4. The van der Waals surface area contributed by atoms with Crippen LogP contribution in [0.2, 0.25) is 0 Å². The molecule has 14 heteroatoms. The molecule has 1 saturated carbocycles. The van der Waals surface area contributed by atoms with Gasteiger partial charge in [0.05, 0.1) is 17.7 Å². The Balaban J connectivity index is 0. The zero-order valence-electron chi connectivity index (χ0n) is 26.8. The molecule has 2 atom stereocenters. The van der Waals surface area contributed by atoms with Gasteiger partial charge in [0.15, 0.2) is 6.03 Å². The number of Topliss-reactive ketones (excluding diaryl/α,β-unsaturated/α-hetero) is 2. The Labute approximate surface area is 407 Å². The summed E-state index contributed by atoms with van der Waals surface area (Å²) in [6.07, 6.45) is 6.50. The molecule has 0 heterocycles. The smallest absolute Gasteiger partial charge is 0.651 e. The van der Waals surface area contributed by atoms with Crippen LogP contribution in [0.4, 0.5) is 10.5 Å². The second-order valence-electron chi connectivity index (χ2n) is 10.2. The zero-order chi connectivity index (χ0) is 29.9. The first kappa shape index (κ1) is 47.9. The fraction of sp³-hybridized carbons (Fsp3) is 0.600. The van der Waals surface area contributed by atoms with E-state index in [-0.39, 0.29) is 218 Å². The van der Waals surface area contributed by atoms with Crippen LogP contribution >= 0.6 is 0 Å². The van der Waals surface area contributed by atoms with Crippen molar-refractivity contribution in [3.8, 4) is 0 Å². The minimum Gasteiger partial charge on any atom is -0.651 e. The van der Waals surface area contributed by atoms with E-state index in [1.165, 1.54) is 0 Å². The number of aldehydes is 1. The standard InChI is InChI=1S/C30H44N4O7.3Rb/c1-22(21-35)7-4-5-14-32-30(40)33-15-6-17-41-18-16-31-28(38)20-29(39)34-24-12-10-23(11-13-24)19-27(37)25-8-2-3-9-26(25)36;;;/h10-13,21-22,25H,2-9,14-20H2,1H3,(H4,31,32,33,34,38,39,40);;;/q;3*+1/p-3. The first-order chi connectivity index (χ1) is 19.8. The maximum atomic E-state index is 12.4. The summed E-state index contributed by atoms with van der Waals surface area (Å²) in [6, 6.07) is 6.23. The van der Waals surface area contributed by atoms with Gasteiger partial charge in [-0.05, 0) is 37.8 Å². The molecule has 1 fully saturated rings. The molecular formula is C30H41N4O7Rb3. The molecule has 1 aliphatic carbocycles. The van der Waals surface area contributed by atoms with E-state index in [0.717, 1.165) is 44.0 Å². The molecule has 1 aromatic rings. The molecule has 11 nitrogen and oxygen atoms in total. The van der Waals surface area contributed by atoms with E-state index in [9.17, 15) is 28.8 Å². The number of unbranched alkanes of at least 4 members (excludes halogenated alkanes) is 1. The van der Waals surface area contributed by atoms with Crippen LogP contribution in [0.15, 0.2) is 24.3 Å². The van der Waals surface area contributed by atoms with Crippen molar-refractivity contribution in [1.82, 2.24) is 5.32 Å². The van der Waals surface area contributed by atoms with Crippen molar-refractivity contribution < 1.29 is 208 Å². The summed E-state index contributed by atoms with van der Waals surface area (Å²) in [5.41, 5.74) is 1.12. The molecule has 1 aromatic carbocycles. The van der Waals surface area contributed by atoms with E-state index in [1.54, 1.807) is 24.3 Å². The Morgan fingerprint density at radius 2 is 1.68 bits per heavy atom. The predicted octanol–water partition coefficient (Wildman–Crippen LogP) is -4.11. The molecule has 0 saturated heterocycles. The summed E-state index contributed by atoms with van der Waals surface area (Å²) in [5, 5.41) is 14.3. The van der Waals surface area contributed by atoms with Crippen molar-refractivity contribution in [2.75, 3.05) is 32.8 Å². The molecule has 0 bridgehead atoms. The number of carbonyl (C=O) groups excluding carboxylic acids is 6. The van der Waals surface area contributed by atoms with E-state index in [0.29, 0.717) is 44.6 Å². The van der Waals surface area contributed by atoms with Crippen LogP contribution in [0.3, 0.4) is 0 Å². The van der Waals surface area contributed by atoms with Crippen molar-refractivity contribution in [2.24, 2.45) is 11.8 Å². The van der Waals surface area contributed by atoms with Crippen LogP contribution in [0.25, 0.3) is 16.0 Å². The van der Waals surface area contributed by atoms with Crippen molar-refractivity contribution in [1.29, 1.82) is 0 Å². The van der Waals surface area contributed by atoms with Crippen LogP contribution in [-0.2, 0) is 35.1 Å². The van der Waals surface area contributed by atoms with Crippen molar-refractivity contribution in [3.05, 3.63) is 45.8 Å². The molecule has 0 aromatic heterocycles. The summed E-state index contributed by atoms with van der Waals surface area (Å²) < 4.78 is 5.38. The van der Waals surface area contributed by atoms with Gasteiger partial charge in [0.25, 0.3) is 0 Å². The first-order valence-electron chi connectivity index (χ1n) is 14.4. The van der Waals surface area contributed by atoms with E-state index in [2.05, 4.69) is 21.3 Å². The number of ether oxygens (including phenoxy) is 1. The van der Waals surface area contributed by atoms with Crippen LogP contribution in [0, 0.1) is 11.8 Å². The van der Waals surface area contributed by atoms with Crippen molar-refractivity contribution in [2.45, 2.75) is 71.1 Å².